The first-order valence-corrected chi connectivity index (χ1v) is 6.31. The minimum Gasteiger partial charge on any atom is -0.459 e. The van der Waals surface area contributed by atoms with Crippen molar-refractivity contribution in [1.29, 1.82) is 0 Å². The van der Waals surface area contributed by atoms with Gasteiger partial charge in [0, 0.05) is 12.3 Å². The largest absolute Gasteiger partial charge is 0.459 e. The van der Waals surface area contributed by atoms with Gasteiger partial charge in [-0.15, -0.1) is 0 Å². The predicted molar refractivity (Wildman–Crippen MR) is 73.5 cm³/mol. The Morgan fingerprint density at radius 3 is 2.85 bits per heavy atom. The highest BCUT2D eigenvalue weighted by molar-refractivity contribution is 5.44. The van der Waals surface area contributed by atoms with Crippen LogP contribution in [0.5, 0.6) is 0 Å². The summed E-state index contributed by atoms with van der Waals surface area (Å²) in [6.45, 7) is 4.10. The molecule has 0 fully saturated rings. The Morgan fingerprint density at radius 2 is 2.15 bits per heavy atom. The number of aryl methyl sites for hydroxylation is 2. The van der Waals surface area contributed by atoms with Crippen LogP contribution >= 0.6 is 0 Å². The highest BCUT2D eigenvalue weighted by atomic mass is 16.4. The first-order chi connectivity index (χ1) is 9.63. The molecule has 0 atom stereocenters. The van der Waals surface area contributed by atoms with Crippen LogP contribution in [0.25, 0.3) is 11.7 Å². The van der Waals surface area contributed by atoms with Crippen LogP contribution < -0.4 is 5.56 Å². The lowest BCUT2D eigenvalue weighted by Crippen LogP contribution is -2.19. The van der Waals surface area contributed by atoms with Gasteiger partial charge in [0.2, 0.25) is 0 Å². The summed E-state index contributed by atoms with van der Waals surface area (Å²) >= 11 is 0. The number of aromatic nitrogens is 2. The van der Waals surface area contributed by atoms with Gasteiger partial charge in [-0.25, -0.2) is 4.98 Å². The Bertz CT molecular complexity index is 782. The zero-order chi connectivity index (χ0) is 14.1. The fourth-order valence-corrected chi connectivity index (χ4v) is 1.98. The van der Waals surface area contributed by atoms with Crippen LogP contribution in [0.3, 0.4) is 0 Å². The number of rotatable bonds is 3. The zero-order valence-electron chi connectivity index (χ0n) is 11.3. The second-order valence-electron chi connectivity index (χ2n) is 4.67. The van der Waals surface area contributed by atoms with Crippen LogP contribution in [-0.2, 0) is 6.54 Å². The summed E-state index contributed by atoms with van der Waals surface area (Å²) in [6, 6.07) is 7.05. The Balaban J connectivity index is 1.93. The fourth-order valence-electron chi connectivity index (χ4n) is 1.98. The van der Waals surface area contributed by atoms with Crippen molar-refractivity contribution in [2.45, 2.75) is 20.4 Å². The number of hydrogen-bond donors (Lipinski definition) is 0. The standard InChI is InChI=1S/C15H14N2O3/c1-10-5-6-17(14(18)8-10)9-12-11(2)20-15(16-12)13-4-3-7-19-13/h3-8H,9H2,1-2H3. The van der Waals surface area contributed by atoms with Gasteiger partial charge in [0.15, 0.2) is 5.76 Å². The van der Waals surface area contributed by atoms with Gasteiger partial charge in [-0.1, -0.05) is 0 Å². The lowest BCUT2D eigenvalue weighted by Gasteiger charge is -2.03. The number of pyridine rings is 1. The third-order valence-electron chi connectivity index (χ3n) is 3.10. The van der Waals surface area contributed by atoms with E-state index in [1.165, 1.54) is 0 Å². The van der Waals surface area contributed by atoms with Gasteiger partial charge >= 0.3 is 0 Å². The second-order valence-corrected chi connectivity index (χ2v) is 4.67. The van der Waals surface area contributed by atoms with Gasteiger partial charge in [0.25, 0.3) is 11.4 Å². The molecule has 0 saturated heterocycles. The molecule has 3 aromatic rings. The molecule has 0 bridgehead atoms. The maximum absolute atomic E-state index is 11.9. The maximum atomic E-state index is 11.9. The predicted octanol–water partition coefficient (Wildman–Crippen LogP) is 2.76. The van der Waals surface area contributed by atoms with Crippen molar-refractivity contribution in [3.05, 3.63) is 64.1 Å². The molecular formula is C15H14N2O3. The Hall–Kier alpha value is -2.56. The van der Waals surface area contributed by atoms with E-state index in [1.54, 1.807) is 35.2 Å². The molecule has 0 spiro atoms. The summed E-state index contributed by atoms with van der Waals surface area (Å²) in [7, 11) is 0. The molecule has 0 unspecified atom stereocenters. The molecule has 0 aliphatic carbocycles. The average molecular weight is 270 g/mol. The molecule has 0 aliphatic rings. The van der Waals surface area contributed by atoms with Crippen molar-refractivity contribution in [3.63, 3.8) is 0 Å². The first-order valence-electron chi connectivity index (χ1n) is 6.31. The van der Waals surface area contributed by atoms with Gasteiger partial charge in [-0.2, -0.15) is 0 Å². The highest BCUT2D eigenvalue weighted by Gasteiger charge is 2.14. The number of furan rings is 1. The summed E-state index contributed by atoms with van der Waals surface area (Å²) in [4.78, 5) is 16.3. The fraction of sp³-hybridized carbons (Fsp3) is 0.200. The first kappa shape index (κ1) is 12.5. The van der Waals surface area contributed by atoms with E-state index in [9.17, 15) is 4.79 Å². The minimum absolute atomic E-state index is 0.0491. The van der Waals surface area contributed by atoms with Crippen molar-refractivity contribution in [2.24, 2.45) is 0 Å². The van der Waals surface area contributed by atoms with Gasteiger partial charge in [0.05, 0.1) is 12.8 Å². The Labute approximate surface area is 115 Å². The maximum Gasteiger partial charge on any atom is 0.263 e. The number of nitrogens with zero attached hydrogens (tertiary/aromatic N) is 2. The van der Waals surface area contributed by atoms with Gasteiger partial charge in [-0.05, 0) is 37.6 Å². The van der Waals surface area contributed by atoms with Crippen LogP contribution in [-0.4, -0.2) is 9.55 Å². The van der Waals surface area contributed by atoms with E-state index in [2.05, 4.69) is 4.98 Å². The summed E-state index contributed by atoms with van der Waals surface area (Å²) in [5.41, 5.74) is 1.62. The molecule has 0 radical (unpaired) electrons. The van der Waals surface area contributed by atoms with Gasteiger partial charge < -0.3 is 13.4 Å². The normalized spacial score (nSPS) is 10.9. The van der Waals surface area contributed by atoms with Gasteiger partial charge in [0.1, 0.15) is 11.5 Å². The molecule has 0 aliphatic heterocycles. The van der Waals surface area contributed by atoms with E-state index < -0.39 is 0 Å². The van der Waals surface area contributed by atoms with Crippen LogP contribution in [0.1, 0.15) is 17.0 Å². The molecule has 20 heavy (non-hydrogen) atoms. The molecule has 0 saturated carbocycles. The monoisotopic (exact) mass is 270 g/mol. The molecule has 5 nitrogen and oxygen atoms in total. The summed E-state index contributed by atoms with van der Waals surface area (Å²) in [5, 5.41) is 0. The molecule has 3 aromatic heterocycles. The third kappa shape index (κ3) is 2.30. The average Bonchev–Trinajstić information content (AvgIpc) is 3.03. The molecule has 3 heterocycles. The number of oxazole rings is 1. The molecule has 0 N–H and O–H groups in total. The Kier molecular flexibility index (Phi) is 3.02. The van der Waals surface area contributed by atoms with Crippen LogP contribution in [0.15, 0.2) is 50.4 Å². The van der Waals surface area contributed by atoms with Crippen LogP contribution in [0.4, 0.5) is 0 Å². The molecule has 5 heteroatoms. The van der Waals surface area contributed by atoms with Crippen molar-refractivity contribution < 1.29 is 8.83 Å². The molecular weight excluding hydrogens is 256 g/mol. The van der Waals surface area contributed by atoms with Crippen LogP contribution in [0.2, 0.25) is 0 Å². The summed E-state index contributed by atoms with van der Waals surface area (Å²) in [6.07, 6.45) is 3.33. The van der Waals surface area contributed by atoms with E-state index in [-0.39, 0.29) is 5.56 Å². The van der Waals surface area contributed by atoms with E-state index in [4.69, 9.17) is 8.83 Å². The van der Waals surface area contributed by atoms with Crippen molar-refractivity contribution in [1.82, 2.24) is 9.55 Å². The van der Waals surface area contributed by atoms with E-state index >= 15 is 0 Å². The lowest BCUT2D eigenvalue weighted by molar-refractivity contribution is 0.499. The minimum atomic E-state index is -0.0491. The van der Waals surface area contributed by atoms with Crippen molar-refractivity contribution >= 4 is 0 Å². The SMILES string of the molecule is Cc1ccn(Cc2nc(-c3ccco3)oc2C)c(=O)c1. The molecule has 3 rings (SSSR count). The zero-order valence-corrected chi connectivity index (χ0v) is 11.3. The topological polar surface area (TPSA) is 61.2 Å². The molecule has 102 valence electrons. The van der Waals surface area contributed by atoms with Crippen molar-refractivity contribution in [2.75, 3.05) is 0 Å². The highest BCUT2D eigenvalue weighted by Crippen LogP contribution is 2.22. The molecule has 0 aromatic carbocycles. The van der Waals surface area contributed by atoms with E-state index in [1.807, 2.05) is 19.9 Å². The van der Waals surface area contributed by atoms with E-state index in [0.29, 0.717) is 24.0 Å². The summed E-state index contributed by atoms with van der Waals surface area (Å²) < 4.78 is 12.4. The second kappa shape index (κ2) is 4.85. The van der Waals surface area contributed by atoms with Gasteiger partial charge in [-0.3, -0.25) is 4.79 Å². The molecule has 0 amide bonds. The van der Waals surface area contributed by atoms with Crippen molar-refractivity contribution in [3.8, 4) is 11.7 Å². The smallest absolute Gasteiger partial charge is 0.263 e. The quantitative estimate of drug-likeness (QED) is 0.734. The summed E-state index contributed by atoms with van der Waals surface area (Å²) in [5.74, 6) is 1.70. The van der Waals surface area contributed by atoms with Crippen LogP contribution in [0, 0.1) is 13.8 Å². The van der Waals surface area contributed by atoms with E-state index in [0.717, 1.165) is 11.3 Å². The third-order valence-corrected chi connectivity index (χ3v) is 3.10. The number of hydrogen-bond acceptors (Lipinski definition) is 4. The lowest BCUT2D eigenvalue weighted by atomic mass is 10.3. The Morgan fingerprint density at radius 1 is 1.30 bits per heavy atom.